The quantitative estimate of drug-likeness (QED) is 0.883. The van der Waals surface area contributed by atoms with Crippen molar-refractivity contribution >= 4 is 5.69 Å². The number of hydrogen-bond donors (Lipinski definition) is 1. The number of hydrogen-bond acceptors (Lipinski definition) is 3. The Bertz CT molecular complexity index is 386. The Hall–Kier alpha value is -1.06. The standard InChI is InChI=1S/C16H26N2O/c1-13(2)15-6-4-5-7-16(15)18(3)10-8-14-12-17-9-11-19-14/h4-7,13-14,17H,8-12H2,1-3H3. The summed E-state index contributed by atoms with van der Waals surface area (Å²) in [4.78, 5) is 2.35. The van der Waals surface area contributed by atoms with Crippen LogP contribution in [0.25, 0.3) is 0 Å². The van der Waals surface area contributed by atoms with E-state index in [4.69, 9.17) is 4.74 Å². The van der Waals surface area contributed by atoms with Gasteiger partial charge in [-0.3, -0.25) is 0 Å². The van der Waals surface area contributed by atoms with E-state index >= 15 is 0 Å². The maximum atomic E-state index is 5.75. The van der Waals surface area contributed by atoms with Crippen LogP contribution in [0.4, 0.5) is 5.69 Å². The van der Waals surface area contributed by atoms with Crippen LogP contribution < -0.4 is 10.2 Å². The molecule has 1 aromatic rings. The minimum absolute atomic E-state index is 0.363. The third kappa shape index (κ3) is 3.95. The van der Waals surface area contributed by atoms with Crippen LogP contribution in [0.2, 0.25) is 0 Å². The topological polar surface area (TPSA) is 24.5 Å². The summed E-state index contributed by atoms with van der Waals surface area (Å²) in [6.45, 7) is 8.36. The predicted molar refractivity (Wildman–Crippen MR) is 81.0 cm³/mol. The van der Waals surface area contributed by atoms with E-state index in [1.165, 1.54) is 11.3 Å². The molecule has 0 aromatic heterocycles. The first kappa shape index (κ1) is 14.4. The van der Waals surface area contributed by atoms with Crippen molar-refractivity contribution in [1.82, 2.24) is 5.32 Å². The van der Waals surface area contributed by atoms with Crippen LogP contribution in [0, 0.1) is 0 Å². The zero-order valence-corrected chi connectivity index (χ0v) is 12.4. The van der Waals surface area contributed by atoms with Crippen LogP contribution in [-0.2, 0) is 4.74 Å². The fraction of sp³-hybridized carbons (Fsp3) is 0.625. The number of anilines is 1. The predicted octanol–water partition coefficient (Wildman–Crippen LogP) is 2.62. The molecule has 19 heavy (non-hydrogen) atoms. The molecule has 1 N–H and O–H groups in total. The fourth-order valence-corrected chi connectivity index (χ4v) is 2.59. The number of nitrogens with one attached hydrogen (secondary N) is 1. The summed E-state index contributed by atoms with van der Waals surface area (Å²) < 4.78 is 5.75. The molecule has 1 atom stereocenters. The van der Waals surface area contributed by atoms with E-state index in [1.54, 1.807) is 0 Å². The third-order valence-corrected chi connectivity index (χ3v) is 3.76. The molecule has 1 heterocycles. The van der Waals surface area contributed by atoms with Crippen molar-refractivity contribution in [3.05, 3.63) is 29.8 Å². The zero-order valence-electron chi connectivity index (χ0n) is 12.4. The third-order valence-electron chi connectivity index (χ3n) is 3.76. The summed E-state index contributed by atoms with van der Waals surface area (Å²) >= 11 is 0. The van der Waals surface area contributed by atoms with Crippen molar-refractivity contribution in [1.29, 1.82) is 0 Å². The van der Waals surface area contributed by atoms with Gasteiger partial charge in [0.2, 0.25) is 0 Å². The Morgan fingerprint density at radius 1 is 1.37 bits per heavy atom. The Morgan fingerprint density at radius 2 is 2.16 bits per heavy atom. The minimum Gasteiger partial charge on any atom is -0.376 e. The molecule has 0 amide bonds. The van der Waals surface area contributed by atoms with Crippen molar-refractivity contribution in [2.75, 3.05) is 38.2 Å². The Kier molecular flexibility index (Phi) is 5.23. The second kappa shape index (κ2) is 6.92. The summed E-state index contributed by atoms with van der Waals surface area (Å²) in [5.41, 5.74) is 2.77. The molecule has 3 nitrogen and oxygen atoms in total. The highest BCUT2D eigenvalue weighted by atomic mass is 16.5. The van der Waals surface area contributed by atoms with Crippen LogP contribution in [0.5, 0.6) is 0 Å². The highest BCUT2D eigenvalue weighted by molar-refractivity contribution is 5.54. The van der Waals surface area contributed by atoms with Crippen molar-refractivity contribution in [3.63, 3.8) is 0 Å². The van der Waals surface area contributed by atoms with Crippen molar-refractivity contribution in [2.45, 2.75) is 32.3 Å². The highest BCUT2D eigenvalue weighted by Crippen LogP contribution is 2.26. The molecular weight excluding hydrogens is 236 g/mol. The number of benzene rings is 1. The van der Waals surface area contributed by atoms with Crippen molar-refractivity contribution in [2.24, 2.45) is 0 Å². The minimum atomic E-state index is 0.363. The van der Waals surface area contributed by atoms with Gasteiger partial charge in [0.25, 0.3) is 0 Å². The van der Waals surface area contributed by atoms with Crippen LogP contribution in [-0.4, -0.2) is 39.4 Å². The van der Waals surface area contributed by atoms with Gasteiger partial charge in [0, 0.05) is 32.4 Å². The summed E-state index contributed by atoms with van der Waals surface area (Å²) in [5, 5.41) is 3.38. The molecule has 0 radical (unpaired) electrons. The summed E-state index contributed by atoms with van der Waals surface area (Å²) in [6, 6.07) is 8.70. The Balaban J connectivity index is 1.93. The van der Waals surface area contributed by atoms with E-state index in [0.29, 0.717) is 12.0 Å². The molecule has 0 bridgehead atoms. The molecular formula is C16H26N2O. The highest BCUT2D eigenvalue weighted by Gasteiger charge is 2.15. The first-order valence-corrected chi connectivity index (χ1v) is 7.31. The smallest absolute Gasteiger partial charge is 0.0716 e. The summed E-state index contributed by atoms with van der Waals surface area (Å²) in [6.07, 6.45) is 1.44. The van der Waals surface area contributed by atoms with Gasteiger partial charge in [-0.1, -0.05) is 32.0 Å². The number of para-hydroxylation sites is 1. The largest absolute Gasteiger partial charge is 0.376 e. The monoisotopic (exact) mass is 262 g/mol. The maximum absolute atomic E-state index is 5.75. The van der Waals surface area contributed by atoms with Gasteiger partial charge in [0.05, 0.1) is 12.7 Å². The number of morpholine rings is 1. The van der Waals surface area contributed by atoms with Crippen LogP contribution in [0.1, 0.15) is 31.7 Å². The average molecular weight is 262 g/mol. The van der Waals surface area contributed by atoms with Crippen LogP contribution in [0.15, 0.2) is 24.3 Å². The molecule has 1 aliphatic heterocycles. The van der Waals surface area contributed by atoms with E-state index < -0.39 is 0 Å². The Labute approximate surface area is 116 Å². The first-order valence-electron chi connectivity index (χ1n) is 7.31. The lowest BCUT2D eigenvalue weighted by atomic mass is 10.0. The molecule has 0 aliphatic carbocycles. The van der Waals surface area contributed by atoms with E-state index in [1.807, 2.05) is 0 Å². The lowest BCUT2D eigenvalue weighted by Crippen LogP contribution is -2.40. The zero-order chi connectivity index (χ0) is 13.7. The SMILES string of the molecule is CC(C)c1ccccc1N(C)CCC1CNCCO1. The second-order valence-electron chi connectivity index (χ2n) is 5.62. The maximum Gasteiger partial charge on any atom is 0.0716 e. The van der Waals surface area contributed by atoms with Crippen LogP contribution in [0.3, 0.4) is 0 Å². The van der Waals surface area contributed by atoms with Crippen molar-refractivity contribution < 1.29 is 4.74 Å². The van der Waals surface area contributed by atoms with Crippen molar-refractivity contribution in [3.8, 4) is 0 Å². The second-order valence-corrected chi connectivity index (χ2v) is 5.62. The van der Waals surface area contributed by atoms with Gasteiger partial charge < -0.3 is 15.0 Å². The average Bonchev–Trinajstić information content (AvgIpc) is 2.46. The number of ether oxygens (including phenoxy) is 1. The summed E-state index contributed by atoms with van der Waals surface area (Å²) in [7, 11) is 2.18. The summed E-state index contributed by atoms with van der Waals surface area (Å²) in [5.74, 6) is 0.561. The molecule has 1 unspecified atom stereocenters. The van der Waals surface area contributed by atoms with Gasteiger partial charge in [-0.25, -0.2) is 0 Å². The van der Waals surface area contributed by atoms with Gasteiger partial charge in [0.1, 0.15) is 0 Å². The van der Waals surface area contributed by atoms with E-state index in [-0.39, 0.29) is 0 Å². The first-order chi connectivity index (χ1) is 9.18. The number of rotatable bonds is 5. The lowest BCUT2D eigenvalue weighted by molar-refractivity contribution is 0.0250. The molecule has 1 aromatic carbocycles. The van der Waals surface area contributed by atoms with Gasteiger partial charge in [-0.05, 0) is 24.0 Å². The van der Waals surface area contributed by atoms with E-state index in [0.717, 1.165) is 32.7 Å². The van der Waals surface area contributed by atoms with Gasteiger partial charge in [-0.15, -0.1) is 0 Å². The molecule has 3 heteroatoms. The molecule has 0 saturated carbocycles. The Morgan fingerprint density at radius 3 is 2.84 bits per heavy atom. The lowest BCUT2D eigenvalue weighted by Gasteiger charge is -2.28. The molecule has 106 valence electrons. The van der Waals surface area contributed by atoms with E-state index in [9.17, 15) is 0 Å². The molecule has 0 spiro atoms. The normalized spacial score (nSPS) is 19.7. The molecule has 2 rings (SSSR count). The molecule has 1 saturated heterocycles. The van der Waals surface area contributed by atoms with Gasteiger partial charge >= 0.3 is 0 Å². The molecule has 1 fully saturated rings. The van der Waals surface area contributed by atoms with Gasteiger partial charge in [-0.2, -0.15) is 0 Å². The fourth-order valence-electron chi connectivity index (χ4n) is 2.59. The molecule has 1 aliphatic rings. The van der Waals surface area contributed by atoms with E-state index in [2.05, 4.69) is 55.4 Å². The van der Waals surface area contributed by atoms with Gasteiger partial charge in [0.15, 0.2) is 0 Å². The number of nitrogens with zero attached hydrogens (tertiary/aromatic N) is 1. The van der Waals surface area contributed by atoms with Crippen LogP contribution >= 0.6 is 0 Å².